The number of nitrogens with zero attached hydrogens (tertiary/aromatic N) is 2. The number of alkyl carbamates (subject to hydrolysis) is 1. The SMILES string of the molecule is C=CCOC(=O)NCC(Cc1ccccc1)Nc1ncc(Cl)n(CC(=O)OCC)c1=O. The van der Waals surface area contributed by atoms with E-state index in [4.69, 9.17) is 21.1 Å². The van der Waals surface area contributed by atoms with Crippen LogP contribution in [-0.2, 0) is 27.2 Å². The second kappa shape index (κ2) is 12.4. The van der Waals surface area contributed by atoms with Gasteiger partial charge < -0.3 is 20.1 Å². The lowest BCUT2D eigenvalue weighted by molar-refractivity contribution is -0.143. The number of carbonyl (C=O) groups excluding carboxylic acids is 2. The van der Waals surface area contributed by atoms with Crippen molar-refractivity contribution < 1.29 is 19.1 Å². The quantitative estimate of drug-likeness (QED) is 0.401. The molecule has 0 fully saturated rings. The van der Waals surface area contributed by atoms with Crippen LogP contribution in [-0.4, -0.2) is 47.4 Å². The summed E-state index contributed by atoms with van der Waals surface area (Å²) >= 11 is 6.05. The van der Waals surface area contributed by atoms with Gasteiger partial charge in [-0.25, -0.2) is 9.78 Å². The Morgan fingerprint density at radius 2 is 2.03 bits per heavy atom. The molecule has 2 aromatic rings. The summed E-state index contributed by atoms with van der Waals surface area (Å²) in [5, 5.41) is 5.69. The van der Waals surface area contributed by atoms with E-state index < -0.39 is 23.7 Å². The molecule has 0 spiro atoms. The predicted molar refractivity (Wildman–Crippen MR) is 117 cm³/mol. The normalized spacial score (nSPS) is 11.3. The van der Waals surface area contributed by atoms with Crippen LogP contribution in [0, 0.1) is 0 Å². The van der Waals surface area contributed by atoms with Gasteiger partial charge in [0.1, 0.15) is 18.3 Å². The van der Waals surface area contributed by atoms with Crippen LogP contribution < -0.4 is 16.2 Å². The van der Waals surface area contributed by atoms with Gasteiger partial charge in [0, 0.05) is 12.6 Å². The number of carbonyl (C=O) groups is 2. The molecule has 10 heteroatoms. The Balaban J connectivity index is 2.20. The average Bonchev–Trinajstić information content (AvgIpc) is 2.76. The lowest BCUT2D eigenvalue weighted by Gasteiger charge is -2.20. The molecule has 1 heterocycles. The monoisotopic (exact) mass is 448 g/mol. The standard InChI is InChI=1S/C21H25ClN4O5/c1-3-10-31-21(29)24-12-16(11-15-8-6-5-7-9-15)25-19-20(28)26(17(22)13-23-19)14-18(27)30-4-2/h3,5-9,13,16H,1,4,10-12,14H2,2H3,(H,23,25)(H,24,29). The van der Waals surface area contributed by atoms with E-state index in [0.29, 0.717) is 6.42 Å². The zero-order valence-corrected chi connectivity index (χ0v) is 17.9. The molecule has 1 aromatic carbocycles. The lowest BCUT2D eigenvalue weighted by Crippen LogP contribution is -2.40. The highest BCUT2D eigenvalue weighted by Crippen LogP contribution is 2.10. The predicted octanol–water partition coefficient (Wildman–Crippen LogP) is 2.40. The highest BCUT2D eigenvalue weighted by molar-refractivity contribution is 6.29. The number of rotatable bonds is 11. The van der Waals surface area contributed by atoms with E-state index in [9.17, 15) is 14.4 Å². The van der Waals surface area contributed by atoms with Crippen LogP contribution in [0.25, 0.3) is 0 Å². The van der Waals surface area contributed by atoms with Crippen molar-refractivity contribution in [2.45, 2.75) is 25.9 Å². The summed E-state index contributed by atoms with van der Waals surface area (Å²) in [5.74, 6) is -0.591. The molecule has 0 aliphatic rings. The average molecular weight is 449 g/mol. The third-order valence-corrected chi connectivity index (χ3v) is 4.39. The van der Waals surface area contributed by atoms with Gasteiger partial charge in [0.2, 0.25) is 0 Å². The van der Waals surface area contributed by atoms with Crippen molar-refractivity contribution in [3.05, 3.63) is 70.3 Å². The fraction of sp³-hybridized carbons (Fsp3) is 0.333. The molecule has 1 aromatic heterocycles. The summed E-state index contributed by atoms with van der Waals surface area (Å²) in [4.78, 5) is 40.5. The molecule has 1 atom stereocenters. The van der Waals surface area contributed by atoms with Crippen LogP contribution in [0.4, 0.5) is 10.6 Å². The molecule has 166 valence electrons. The minimum absolute atomic E-state index is 0.00381. The highest BCUT2D eigenvalue weighted by atomic mass is 35.5. The van der Waals surface area contributed by atoms with Gasteiger partial charge in [-0.3, -0.25) is 14.2 Å². The molecule has 2 N–H and O–H groups in total. The molecule has 31 heavy (non-hydrogen) atoms. The molecule has 0 saturated carbocycles. The van der Waals surface area contributed by atoms with Crippen molar-refractivity contribution in [1.29, 1.82) is 0 Å². The fourth-order valence-corrected chi connectivity index (χ4v) is 2.89. The largest absolute Gasteiger partial charge is 0.465 e. The number of benzene rings is 1. The first kappa shape index (κ1) is 23.9. The molecule has 2 rings (SSSR count). The number of halogens is 1. The van der Waals surface area contributed by atoms with E-state index in [2.05, 4.69) is 22.2 Å². The molecule has 0 aliphatic carbocycles. The van der Waals surface area contributed by atoms with E-state index >= 15 is 0 Å². The van der Waals surface area contributed by atoms with E-state index in [1.165, 1.54) is 12.3 Å². The maximum Gasteiger partial charge on any atom is 0.407 e. The third kappa shape index (κ3) is 7.78. The smallest absolute Gasteiger partial charge is 0.407 e. The summed E-state index contributed by atoms with van der Waals surface area (Å²) in [6.07, 6.45) is 2.62. The molecular weight excluding hydrogens is 424 g/mol. The summed E-state index contributed by atoms with van der Waals surface area (Å²) in [6.45, 7) is 5.26. The summed E-state index contributed by atoms with van der Waals surface area (Å²) < 4.78 is 10.9. The first-order valence-electron chi connectivity index (χ1n) is 9.67. The maximum atomic E-state index is 12.8. The van der Waals surface area contributed by atoms with Crippen molar-refractivity contribution in [3.8, 4) is 0 Å². The van der Waals surface area contributed by atoms with E-state index in [1.54, 1.807) is 6.92 Å². The topological polar surface area (TPSA) is 112 Å². The number of anilines is 1. The summed E-state index contributed by atoms with van der Waals surface area (Å²) in [7, 11) is 0. The van der Waals surface area contributed by atoms with Crippen molar-refractivity contribution in [2.24, 2.45) is 0 Å². The summed E-state index contributed by atoms with van der Waals surface area (Å²) in [5.41, 5.74) is 0.412. The zero-order valence-electron chi connectivity index (χ0n) is 17.2. The van der Waals surface area contributed by atoms with Crippen LogP contribution >= 0.6 is 11.6 Å². The van der Waals surface area contributed by atoms with Crippen molar-refractivity contribution in [1.82, 2.24) is 14.9 Å². The Morgan fingerprint density at radius 1 is 1.29 bits per heavy atom. The molecule has 0 saturated heterocycles. The maximum absolute atomic E-state index is 12.8. The second-order valence-corrected chi connectivity index (χ2v) is 6.81. The highest BCUT2D eigenvalue weighted by Gasteiger charge is 2.18. The van der Waals surface area contributed by atoms with Crippen LogP contribution in [0.15, 0.2) is 54.0 Å². The van der Waals surface area contributed by atoms with Gasteiger partial charge in [-0.05, 0) is 18.9 Å². The van der Waals surface area contributed by atoms with E-state index in [1.807, 2.05) is 30.3 Å². The van der Waals surface area contributed by atoms with Gasteiger partial charge in [0.05, 0.1) is 12.8 Å². The Morgan fingerprint density at radius 3 is 2.71 bits per heavy atom. The Labute approximate surface area is 185 Å². The first-order valence-corrected chi connectivity index (χ1v) is 10.0. The van der Waals surface area contributed by atoms with E-state index in [0.717, 1.165) is 10.1 Å². The molecule has 0 aliphatic heterocycles. The van der Waals surface area contributed by atoms with Gasteiger partial charge in [-0.15, -0.1) is 0 Å². The van der Waals surface area contributed by atoms with Crippen molar-refractivity contribution in [2.75, 3.05) is 25.1 Å². The van der Waals surface area contributed by atoms with Crippen LogP contribution in [0.5, 0.6) is 0 Å². The van der Waals surface area contributed by atoms with E-state index in [-0.39, 0.29) is 37.3 Å². The van der Waals surface area contributed by atoms with Gasteiger partial charge in [-0.1, -0.05) is 54.6 Å². The fourth-order valence-electron chi connectivity index (χ4n) is 2.71. The number of aromatic nitrogens is 2. The Hall–Kier alpha value is -3.33. The first-order chi connectivity index (χ1) is 14.9. The van der Waals surface area contributed by atoms with Gasteiger partial charge in [0.15, 0.2) is 5.82 Å². The number of hydrogen-bond acceptors (Lipinski definition) is 7. The van der Waals surface area contributed by atoms with Crippen LogP contribution in [0.2, 0.25) is 5.15 Å². The minimum atomic E-state index is -0.608. The third-order valence-electron chi connectivity index (χ3n) is 4.09. The number of amides is 1. The molecule has 1 unspecified atom stereocenters. The van der Waals surface area contributed by atoms with Gasteiger partial charge >= 0.3 is 12.1 Å². The molecule has 0 bridgehead atoms. The number of esters is 1. The number of hydrogen-bond donors (Lipinski definition) is 2. The van der Waals surface area contributed by atoms with Crippen LogP contribution in [0.1, 0.15) is 12.5 Å². The number of nitrogens with one attached hydrogen (secondary N) is 2. The van der Waals surface area contributed by atoms with Gasteiger partial charge in [-0.2, -0.15) is 0 Å². The lowest BCUT2D eigenvalue weighted by atomic mass is 10.1. The Kier molecular flexibility index (Phi) is 9.57. The molecular formula is C21H25ClN4O5. The van der Waals surface area contributed by atoms with Gasteiger partial charge in [0.25, 0.3) is 5.56 Å². The zero-order chi connectivity index (χ0) is 22.6. The van der Waals surface area contributed by atoms with Crippen molar-refractivity contribution >= 4 is 29.5 Å². The molecule has 0 radical (unpaired) electrons. The summed E-state index contributed by atoms with van der Waals surface area (Å²) in [6, 6.07) is 9.15. The molecule has 9 nitrogen and oxygen atoms in total. The van der Waals surface area contributed by atoms with Crippen LogP contribution in [0.3, 0.4) is 0 Å². The number of ether oxygens (including phenoxy) is 2. The minimum Gasteiger partial charge on any atom is -0.465 e. The second-order valence-electron chi connectivity index (χ2n) is 6.42. The molecule has 1 amide bonds. The van der Waals surface area contributed by atoms with Crippen molar-refractivity contribution in [3.63, 3.8) is 0 Å². The Bertz CT molecular complexity index is 949.